The molecule has 0 spiro atoms. The molecule has 0 amide bonds. The minimum absolute atomic E-state index is 0.0141. The second-order valence-electron chi connectivity index (χ2n) is 6.17. The zero-order valence-corrected chi connectivity index (χ0v) is 14.8. The molecule has 2 unspecified atom stereocenters. The van der Waals surface area contributed by atoms with Crippen molar-refractivity contribution in [2.24, 2.45) is 11.3 Å². The molecule has 0 aliphatic carbocycles. The SMILES string of the molecule is C[SH](S)P(=O)(OCC(C)(C)C)N1CCC(C#N)CC1. The van der Waals surface area contributed by atoms with Crippen molar-refractivity contribution in [2.75, 3.05) is 26.0 Å². The van der Waals surface area contributed by atoms with E-state index in [1.807, 2.05) is 10.9 Å². The van der Waals surface area contributed by atoms with Crippen molar-refractivity contribution in [1.82, 2.24) is 4.67 Å². The topological polar surface area (TPSA) is 53.3 Å². The van der Waals surface area contributed by atoms with Gasteiger partial charge < -0.3 is 4.52 Å². The van der Waals surface area contributed by atoms with Crippen LogP contribution in [0.5, 0.6) is 0 Å². The Bertz CT molecular complexity index is 382. The maximum Gasteiger partial charge on any atom is 0.317 e. The van der Waals surface area contributed by atoms with Crippen LogP contribution in [0.2, 0.25) is 0 Å². The highest BCUT2D eigenvalue weighted by atomic mass is 33.3. The number of nitriles is 1. The van der Waals surface area contributed by atoms with Crippen LogP contribution in [0, 0.1) is 22.7 Å². The van der Waals surface area contributed by atoms with Crippen molar-refractivity contribution in [3.05, 3.63) is 0 Å². The molecule has 1 heterocycles. The Hall–Kier alpha value is 0.340. The summed E-state index contributed by atoms with van der Waals surface area (Å²) >= 11 is 4.43. The molecule has 2 atom stereocenters. The second kappa shape index (κ2) is 6.87. The first-order valence-electron chi connectivity index (χ1n) is 6.52. The number of nitrogens with zero attached hydrogens (tertiary/aromatic N) is 2. The number of hydrogen-bond donors (Lipinski definition) is 2. The van der Waals surface area contributed by atoms with Crippen LogP contribution >= 0.6 is 27.9 Å². The Morgan fingerprint density at radius 1 is 1.47 bits per heavy atom. The fourth-order valence-electron chi connectivity index (χ4n) is 1.87. The molecule has 1 aliphatic rings. The van der Waals surface area contributed by atoms with Crippen molar-refractivity contribution in [2.45, 2.75) is 33.6 Å². The minimum atomic E-state index is -2.85. The van der Waals surface area contributed by atoms with Crippen molar-refractivity contribution < 1.29 is 9.09 Å². The predicted octanol–water partition coefficient (Wildman–Crippen LogP) is 3.87. The third-order valence-electron chi connectivity index (χ3n) is 3.04. The molecule has 19 heavy (non-hydrogen) atoms. The van der Waals surface area contributed by atoms with Gasteiger partial charge in [-0.25, -0.2) is 4.67 Å². The van der Waals surface area contributed by atoms with Gasteiger partial charge >= 0.3 is 6.72 Å². The summed E-state index contributed by atoms with van der Waals surface area (Å²) in [6, 6.07) is 2.29. The predicted molar refractivity (Wildman–Crippen MR) is 86.8 cm³/mol. The van der Waals surface area contributed by atoms with Crippen LogP contribution in [-0.4, -0.2) is 30.6 Å². The molecule has 1 aliphatic heterocycles. The molecule has 0 N–H and O–H groups in total. The van der Waals surface area contributed by atoms with E-state index < -0.39 is 16.3 Å². The molecule has 0 bridgehead atoms. The number of hydrogen-bond acceptors (Lipinski definition) is 4. The summed E-state index contributed by atoms with van der Waals surface area (Å²) in [4.78, 5) is 0. The molecular formula is C12H25N2O2PS2. The summed E-state index contributed by atoms with van der Waals surface area (Å²) in [6.07, 6.45) is 3.44. The first kappa shape index (κ1) is 17.4. The Morgan fingerprint density at radius 3 is 2.37 bits per heavy atom. The number of piperidine rings is 1. The van der Waals surface area contributed by atoms with Gasteiger partial charge in [0.25, 0.3) is 0 Å². The fraction of sp³-hybridized carbons (Fsp3) is 0.917. The van der Waals surface area contributed by atoms with E-state index in [1.54, 1.807) is 0 Å². The molecule has 0 radical (unpaired) electrons. The average molecular weight is 324 g/mol. The van der Waals surface area contributed by atoms with Crippen molar-refractivity contribution in [3.63, 3.8) is 0 Å². The van der Waals surface area contributed by atoms with Crippen LogP contribution < -0.4 is 0 Å². The number of thiol groups is 2. The molecular weight excluding hydrogens is 299 g/mol. The third kappa shape index (κ3) is 4.99. The van der Waals surface area contributed by atoms with Crippen molar-refractivity contribution in [1.29, 1.82) is 5.26 Å². The molecule has 1 saturated heterocycles. The lowest BCUT2D eigenvalue weighted by Crippen LogP contribution is -2.32. The van der Waals surface area contributed by atoms with E-state index in [2.05, 4.69) is 38.5 Å². The lowest BCUT2D eigenvalue weighted by molar-refractivity contribution is 0.177. The standard InChI is InChI=1S/C12H25N2O2PS2/c1-12(2,3)10-16-17(15,19(4)18)14-7-5-11(9-13)6-8-14/h11,18-19H,5-8,10H2,1-4H3. The smallest absolute Gasteiger partial charge is 0.310 e. The lowest BCUT2D eigenvalue weighted by Gasteiger charge is -2.38. The van der Waals surface area contributed by atoms with Gasteiger partial charge in [-0.05, 0) is 24.5 Å². The molecule has 4 nitrogen and oxygen atoms in total. The Morgan fingerprint density at radius 2 is 2.00 bits per heavy atom. The van der Waals surface area contributed by atoms with Crippen LogP contribution in [-0.2, 0) is 9.09 Å². The van der Waals surface area contributed by atoms with Gasteiger partial charge in [0.1, 0.15) is 0 Å². The first-order chi connectivity index (χ1) is 8.69. The van der Waals surface area contributed by atoms with Crippen LogP contribution in [0.25, 0.3) is 0 Å². The van der Waals surface area contributed by atoms with Gasteiger partial charge in [0, 0.05) is 19.0 Å². The second-order valence-corrected chi connectivity index (χ2v) is 15.0. The highest BCUT2D eigenvalue weighted by Crippen LogP contribution is 2.73. The molecule has 1 rings (SSSR count). The van der Waals surface area contributed by atoms with E-state index in [-0.39, 0.29) is 11.3 Å². The van der Waals surface area contributed by atoms with E-state index in [1.165, 1.54) is 0 Å². The third-order valence-corrected chi connectivity index (χ3v) is 10.7. The first-order valence-corrected chi connectivity index (χ1v) is 11.7. The summed E-state index contributed by atoms with van der Waals surface area (Å²) in [5.41, 5.74) is -0.0141. The largest absolute Gasteiger partial charge is 0.317 e. The lowest BCUT2D eigenvalue weighted by atomic mass is 9.99. The molecule has 7 heteroatoms. The Labute approximate surface area is 124 Å². The normalized spacial score (nSPS) is 24.5. The van der Waals surface area contributed by atoms with Crippen LogP contribution in [0.1, 0.15) is 33.6 Å². The summed E-state index contributed by atoms with van der Waals surface area (Å²) in [5, 5.41) is 8.92. The van der Waals surface area contributed by atoms with E-state index in [0.29, 0.717) is 19.7 Å². The Kier molecular flexibility index (Phi) is 6.28. The van der Waals surface area contributed by atoms with Crippen LogP contribution in [0.3, 0.4) is 0 Å². The summed E-state index contributed by atoms with van der Waals surface area (Å²) in [7, 11) is -0.970. The minimum Gasteiger partial charge on any atom is -0.310 e. The van der Waals surface area contributed by atoms with Crippen molar-refractivity contribution in [3.8, 4) is 6.07 Å². The zero-order chi connectivity index (χ0) is 14.7. The van der Waals surface area contributed by atoms with E-state index in [9.17, 15) is 4.57 Å². The van der Waals surface area contributed by atoms with E-state index in [4.69, 9.17) is 9.79 Å². The van der Waals surface area contributed by atoms with Crippen LogP contribution in [0.15, 0.2) is 0 Å². The van der Waals surface area contributed by atoms with Gasteiger partial charge in [0.05, 0.1) is 12.7 Å². The summed E-state index contributed by atoms with van der Waals surface area (Å²) < 4.78 is 20.8. The number of rotatable bonds is 4. The molecule has 0 aromatic carbocycles. The summed E-state index contributed by atoms with van der Waals surface area (Å²) in [5.74, 6) is 0.0929. The highest BCUT2D eigenvalue weighted by molar-refractivity contribution is 9.02. The van der Waals surface area contributed by atoms with E-state index in [0.717, 1.165) is 12.8 Å². The average Bonchev–Trinajstić information content (AvgIpc) is 2.35. The summed E-state index contributed by atoms with van der Waals surface area (Å²) in [6.45, 7) is 5.16. The van der Waals surface area contributed by atoms with Gasteiger partial charge in [-0.2, -0.15) is 5.26 Å². The van der Waals surface area contributed by atoms with Crippen LogP contribution in [0.4, 0.5) is 0 Å². The van der Waals surface area contributed by atoms with Gasteiger partial charge in [-0.1, -0.05) is 20.8 Å². The highest BCUT2D eigenvalue weighted by Gasteiger charge is 2.38. The van der Waals surface area contributed by atoms with Crippen molar-refractivity contribution >= 4 is 27.9 Å². The molecule has 1 fully saturated rings. The molecule has 0 aromatic heterocycles. The van der Waals surface area contributed by atoms with E-state index >= 15 is 0 Å². The molecule has 0 saturated carbocycles. The molecule has 0 aromatic rings. The maximum atomic E-state index is 13.1. The van der Waals surface area contributed by atoms with Gasteiger partial charge in [-0.15, -0.1) is 21.2 Å². The van der Waals surface area contributed by atoms with Gasteiger partial charge in [-0.3, -0.25) is 4.57 Å². The zero-order valence-electron chi connectivity index (χ0n) is 12.2. The monoisotopic (exact) mass is 324 g/mol. The quantitative estimate of drug-likeness (QED) is 0.468. The van der Waals surface area contributed by atoms with Gasteiger partial charge in [0.2, 0.25) is 0 Å². The molecule has 112 valence electrons. The fourth-order valence-corrected chi connectivity index (χ4v) is 7.65. The maximum absolute atomic E-state index is 13.1. The Balaban J connectivity index is 2.72. The van der Waals surface area contributed by atoms with Gasteiger partial charge in [0.15, 0.2) is 0 Å².